The van der Waals surface area contributed by atoms with Gasteiger partial charge in [0.05, 0.1) is 0 Å². The number of pyridine rings is 1. The number of aromatic nitrogens is 1. The van der Waals surface area contributed by atoms with Crippen LogP contribution >= 0.6 is 0 Å². The number of hydrogen-bond donors (Lipinski definition) is 2. The lowest BCUT2D eigenvalue weighted by Crippen LogP contribution is -2.41. The number of carbonyl (C=O) groups excluding carboxylic acids is 1. The Morgan fingerprint density at radius 3 is 2.67 bits per heavy atom. The van der Waals surface area contributed by atoms with Gasteiger partial charge in [-0.25, -0.2) is 10.8 Å². The van der Waals surface area contributed by atoms with Crippen LogP contribution in [-0.2, 0) is 0 Å². The maximum absolute atomic E-state index is 12.9. The van der Waals surface area contributed by atoms with Crippen LogP contribution < -0.4 is 11.3 Å². The summed E-state index contributed by atoms with van der Waals surface area (Å²) in [5, 5.41) is 0. The Kier molecular flexibility index (Phi) is 5.17. The van der Waals surface area contributed by atoms with Crippen LogP contribution in [-0.4, -0.2) is 28.4 Å². The smallest absolute Gasteiger partial charge is 0.254 e. The lowest BCUT2D eigenvalue weighted by Gasteiger charge is -2.31. The van der Waals surface area contributed by atoms with Crippen molar-refractivity contribution >= 4 is 11.7 Å². The quantitative estimate of drug-likeness (QED) is 0.646. The zero-order valence-corrected chi connectivity index (χ0v) is 13.2. The fourth-order valence-electron chi connectivity index (χ4n) is 3.04. The summed E-state index contributed by atoms with van der Waals surface area (Å²) in [6.45, 7) is 6.98. The van der Waals surface area contributed by atoms with Crippen molar-refractivity contribution in [2.45, 2.75) is 52.5 Å². The molecule has 1 aliphatic carbocycles. The number of hydrazine groups is 1. The molecular formula is C16H26N4O. The Balaban J connectivity index is 2.26. The molecule has 0 radical (unpaired) electrons. The fourth-order valence-corrected chi connectivity index (χ4v) is 3.04. The van der Waals surface area contributed by atoms with Crippen molar-refractivity contribution < 1.29 is 4.79 Å². The Hall–Kier alpha value is -1.62. The summed E-state index contributed by atoms with van der Waals surface area (Å²) in [5.41, 5.74) is 4.00. The van der Waals surface area contributed by atoms with Crippen LogP contribution in [0.4, 0.5) is 5.82 Å². The van der Waals surface area contributed by atoms with E-state index in [1.807, 2.05) is 17.9 Å². The Morgan fingerprint density at radius 2 is 2.10 bits per heavy atom. The molecule has 0 aliphatic heterocycles. The third kappa shape index (κ3) is 3.94. The molecule has 1 heterocycles. The molecule has 3 N–H and O–H groups in total. The van der Waals surface area contributed by atoms with E-state index in [-0.39, 0.29) is 5.91 Å². The van der Waals surface area contributed by atoms with Gasteiger partial charge in [-0.1, -0.05) is 26.7 Å². The van der Waals surface area contributed by atoms with E-state index in [1.54, 1.807) is 6.07 Å². The number of anilines is 1. The van der Waals surface area contributed by atoms with Gasteiger partial charge in [0.25, 0.3) is 5.91 Å². The number of nitrogens with two attached hydrogens (primary N) is 1. The van der Waals surface area contributed by atoms with Crippen molar-refractivity contribution in [2.24, 2.45) is 11.8 Å². The molecule has 1 aliphatic rings. The fraction of sp³-hybridized carbons (Fsp3) is 0.625. The van der Waals surface area contributed by atoms with Crippen LogP contribution in [0.2, 0.25) is 0 Å². The van der Waals surface area contributed by atoms with Crippen LogP contribution in [0, 0.1) is 12.8 Å². The minimum atomic E-state index is 0.0950. The summed E-state index contributed by atoms with van der Waals surface area (Å²) in [6.07, 6.45) is 4.67. The monoisotopic (exact) mass is 290 g/mol. The van der Waals surface area contributed by atoms with Crippen LogP contribution in [0.15, 0.2) is 12.1 Å². The van der Waals surface area contributed by atoms with Gasteiger partial charge in [0.2, 0.25) is 0 Å². The van der Waals surface area contributed by atoms with Crippen molar-refractivity contribution in [3.63, 3.8) is 0 Å². The van der Waals surface area contributed by atoms with E-state index >= 15 is 0 Å². The van der Waals surface area contributed by atoms with E-state index in [2.05, 4.69) is 24.3 Å². The number of aryl methyl sites for hydroxylation is 1. The minimum Gasteiger partial charge on any atom is -0.335 e. The predicted molar refractivity (Wildman–Crippen MR) is 84.9 cm³/mol. The van der Waals surface area contributed by atoms with E-state index in [1.165, 1.54) is 12.8 Å². The van der Waals surface area contributed by atoms with Crippen molar-refractivity contribution in [3.8, 4) is 0 Å². The lowest BCUT2D eigenvalue weighted by atomic mass is 10.1. The van der Waals surface area contributed by atoms with Gasteiger partial charge in [0.1, 0.15) is 5.82 Å². The third-order valence-corrected chi connectivity index (χ3v) is 3.94. The molecule has 1 amide bonds. The first kappa shape index (κ1) is 15.8. The van der Waals surface area contributed by atoms with Crippen LogP contribution in [0.1, 0.15) is 55.6 Å². The van der Waals surface area contributed by atoms with Gasteiger partial charge in [-0.05, 0) is 37.8 Å². The molecule has 5 nitrogen and oxygen atoms in total. The van der Waals surface area contributed by atoms with E-state index in [4.69, 9.17) is 5.84 Å². The van der Waals surface area contributed by atoms with Gasteiger partial charge in [0.15, 0.2) is 0 Å². The van der Waals surface area contributed by atoms with E-state index in [0.29, 0.717) is 23.3 Å². The molecule has 1 fully saturated rings. The Bertz CT molecular complexity index is 495. The normalized spacial score (nSPS) is 15.5. The Labute approximate surface area is 126 Å². The highest BCUT2D eigenvalue weighted by molar-refractivity contribution is 5.95. The number of rotatable bonds is 5. The van der Waals surface area contributed by atoms with Gasteiger partial charge in [-0.15, -0.1) is 0 Å². The molecule has 2 rings (SSSR count). The second-order valence-electron chi connectivity index (χ2n) is 6.32. The number of nitrogen functional groups attached to an aromatic ring is 1. The molecule has 21 heavy (non-hydrogen) atoms. The van der Waals surface area contributed by atoms with Crippen molar-refractivity contribution in [1.29, 1.82) is 0 Å². The Morgan fingerprint density at radius 1 is 1.43 bits per heavy atom. The number of nitrogens with one attached hydrogen (secondary N) is 1. The number of hydrogen-bond acceptors (Lipinski definition) is 4. The molecule has 1 aromatic rings. The van der Waals surface area contributed by atoms with Crippen molar-refractivity contribution in [2.75, 3.05) is 12.0 Å². The molecule has 0 saturated heterocycles. The molecular weight excluding hydrogens is 264 g/mol. The van der Waals surface area contributed by atoms with Gasteiger partial charge in [-0.3, -0.25) is 4.79 Å². The first-order chi connectivity index (χ1) is 10.0. The highest BCUT2D eigenvalue weighted by Crippen LogP contribution is 2.26. The van der Waals surface area contributed by atoms with Crippen molar-refractivity contribution in [3.05, 3.63) is 23.4 Å². The van der Waals surface area contributed by atoms with Crippen LogP contribution in [0.3, 0.4) is 0 Å². The highest BCUT2D eigenvalue weighted by atomic mass is 16.2. The first-order valence-corrected chi connectivity index (χ1v) is 7.77. The van der Waals surface area contributed by atoms with Crippen molar-refractivity contribution in [1.82, 2.24) is 9.88 Å². The highest BCUT2D eigenvalue weighted by Gasteiger charge is 2.28. The topological polar surface area (TPSA) is 71.2 Å². The lowest BCUT2D eigenvalue weighted by molar-refractivity contribution is 0.0655. The largest absolute Gasteiger partial charge is 0.335 e. The summed E-state index contributed by atoms with van der Waals surface area (Å²) in [7, 11) is 0. The van der Waals surface area contributed by atoms with Gasteiger partial charge >= 0.3 is 0 Å². The van der Waals surface area contributed by atoms with Crippen LogP contribution in [0.5, 0.6) is 0 Å². The molecule has 5 heteroatoms. The van der Waals surface area contributed by atoms with E-state index in [9.17, 15) is 4.79 Å². The SMILES string of the molecule is Cc1cc(C(=O)N(CC(C)C)C2CCCC2)cc(NN)n1. The summed E-state index contributed by atoms with van der Waals surface area (Å²) >= 11 is 0. The second-order valence-corrected chi connectivity index (χ2v) is 6.32. The molecule has 1 saturated carbocycles. The van der Waals surface area contributed by atoms with Gasteiger partial charge in [0, 0.05) is 23.8 Å². The molecule has 0 unspecified atom stereocenters. The average Bonchev–Trinajstić information content (AvgIpc) is 2.97. The second kappa shape index (κ2) is 6.89. The first-order valence-electron chi connectivity index (χ1n) is 7.77. The number of amides is 1. The maximum Gasteiger partial charge on any atom is 0.254 e. The standard InChI is InChI=1S/C16H26N4O/c1-11(2)10-20(14-6-4-5-7-14)16(21)13-8-12(3)18-15(9-13)19-17/h8-9,11,14H,4-7,10,17H2,1-3H3,(H,18,19). The zero-order chi connectivity index (χ0) is 15.4. The van der Waals surface area contributed by atoms with Gasteiger partial charge < -0.3 is 10.3 Å². The van der Waals surface area contributed by atoms with E-state index < -0.39 is 0 Å². The molecule has 0 atom stereocenters. The van der Waals surface area contributed by atoms with Crippen LogP contribution in [0.25, 0.3) is 0 Å². The predicted octanol–water partition coefficient (Wildman–Crippen LogP) is 2.72. The summed E-state index contributed by atoms with van der Waals surface area (Å²) in [4.78, 5) is 19.2. The minimum absolute atomic E-state index is 0.0950. The molecule has 0 bridgehead atoms. The summed E-state index contributed by atoms with van der Waals surface area (Å²) < 4.78 is 0. The van der Waals surface area contributed by atoms with Gasteiger partial charge in [-0.2, -0.15) is 0 Å². The molecule has 116 valence electrons. The summed E-state index contributed by atoms with van der Waals surface area (Å²) in [5.74, 6) is 6.52. The molecule has 0 aromatic carbocycles. The third-order valence-electron chi connectivity index (χ3n) is 3.94. The average molecular weight is 290 g/mol. The van der Waals surface area contributed by atoms with E-state index in [0.717, 1.165) is 25.1 Å². The summed E-state index contributed by atoms with van der Waals surface area (Å²) in [6, 6.07) is 3.95. The number of carbonyl (C=O) groups is 1. The maximum atomic E-state index is 12.9. The number of nitrogens with zero attached hydrogens (tertiary/aromatic N) is 2. The zero-order valence-electron chi connectivity index (χ0n) is 13.2. The molecule has 0 spiro atoms. The molecule has 1 aromatic heterocycles.